The maximum atomic E-state index is 5.62. The molecular weight excluding hydrogens is 210 g/mol. The lowest BCUT2D eigenvalue weighted by Gasteiger charge is -2.20. The van der Waals surface area contributed by atoms with Crippen LogP contribution in [-0.4, -0.2) is 12.0 Å². The molecule has 0 unspecified atom stereocenters. The number of anilines is 2. The van der Waals surface area contributed by atoms with E-state index >= 15 is 0 Å². The number of pyridine rings is 1. The lowest BCUT2D eigenvalue weighted by atomic mass is 10.2. The van der Waals surface area contributed by atoms with Gasteiger partial charge in [-0.3, -0.25) is 4.98 Å². The molecule has 88 valence electrons. The van der Waals surface area contributed by atoms with Crippen molar-refractivity contribution in [3.63, 3.8) is 0 Å². The highest BCUT2D eigenvalue weighted by Gasteiger charge is 2.05. The minimum atomic E-state index is 0.701. The van der Waals surface area contributed by atoms with E-state index < -0.39 is 0 Å². The van der Waals surface area contributed by atoms with Gasteiger partial charge in [0.25, 0.3) is 0 Å². The quantitative estimate of drug-likeness (QED) is 0.876. The summed E-state index contributed by atoms with van der Waals surface area (Å²) in [5.41, 5.74) is 9.83. The predicted molar refractivity (Wildman–Crippen MR) is 71.9 cm³/mol. The number of nitrogen functional groups attached to an aromatic ring is 1. The second-order valence-electron chi connectivity index (χ2n) is 4.23. The van der Waals surface area contributed by atoms with Crippen molar-refractivity contribution in [3.05, 3.63) is 53.9 Å². The standard InChI is InChI=1S/C14H17N3/c1-11-5-3-4-6-14(11)17(2)10-13-8-7-12(15)9-16-13/h3-9H,10,15H2,1-2H3. The van der Waals surface area contributed by atoms with Gasteiger partial charge in [-0.25, -0.2) is 0 Å². The molecule has 0 saturated carbocycles. The average Bonchev–Trinajstić information content (AvgIpc) is 2.32. The van der Waals surface area contributed by atoms with Crippen LogP contribution in [0.25, 0.3) is 0 Å². The van der Waals surface area contributed by atoms with Gasteiger partial charge >= 0.3 is 0 Å². The van der Waals surface area contributed by atoms with Crippen molar-refractivity contribution in [2.45, 2.75) is 13.5 Å². The lowest BCUT2D eigenvalue weighted by molar-refractivity contribution is 0.881. The smallest absolute Gasteiger partial charge is 0.0598 e. The van der Waals surface area contributed by atoms with Crippen LogP contribution in [0.1, 0.15) is 11.3 Å². The Morgan fingerprint density at radius 3 is 2.59 bits per heavy atom. The molecule has 0 atom stereocenters. The third-order valence-corrected chi connectivity index (χ3v) is 2.77. The molecule has 0 fully saturated rings. The number of nitrogens with zero attached hydrogens (tertiary/aromatic N) is 2. The van der Waals surface area contributed by atoms with Crippen LogP contribution in [0, 0.1) is 6.92 Å². The molecule has 2 N–H and O–H groups in total. The topological polar surface area (TPSA) is 42.1 Å². The molecule has 3 nitrogen and oxygen atoms in total. The van der Waals surface area contributed by atoms with E-state index in [0.29, 0.717) is 5.69 Å². The normalized spacial score (nSPS) is 10.2. The van der Waals surface area contributed by atoms with E-state index in [1.54, 1.807) is 6.20 Å². The Labute approximate surface area is 102 Å². The number of hydrogen-bond donors (Lipinski definition) is 1. The van der Waals surface area contributed by atoms with E-state index in [0.717, 1.165) is 12.2 Å². The van der Waals surface area contributed by atoms with Crippen LogP contribution in [0.4, 0.5) is 11.4 Å². The van der Waals surface area contributed by atoms with E-state index in [4.69, 9.17) is 5.73 Å². The van der Waals surface area contributed by atoms with Gasteiger partial charge in [-0.1, -0.05) is 18.2 Å². The van der Waals surface area contributed by atoms with Crippen LogP contribution in [0.5, 0.6) is 0 Å². The molecule has 0 aliphatic carbocycles. The summed E-state index contributed by atoms with van der Waals surface area (Å²) in [6, 6.07) is 12.2. The summed E-state index contributed by atoms with van der Waals surface area (Å²) in [7, 11) is 2.07. The molecule has 1 heterocycles. The monoisotopic (exact) mass is 227 g/mol. The molecule has 0 amide bonds. The highest BCUT2D eigenvalue weighted by molar-refractivity contribution is 5.52. The zero-order valence-electron chi connectivity index (χ0n) is 10.2. The fraction of sp³-hybridized carbons (Fsp3) is 0.214. The molecule has 0 radical (unpaired) electrons. The van der Waals surface area contributed by atoms with Crippen molar-refractivity contribution in [3.8, 4) is 0 Å². The van der Waals surface area contributed by atoms with Gasteiger partial charge in [-0.05, 0) is 30.7 Å². The number of rotatable bonds is 3. The van der Waals surface area contributed by atoms with Crippen LogP contribution in [0.3, 0.4) is 0 Å². The zero-order valence-corrected chi connectivity index (χ0v) is 10.2. The van der Waals surface area contributed by atoms with Gasteiger partial charge in [0.15, 0.2) is 0 Å². The molecule has 0 bridgehead atoms. The number of benzene rings is 1. The second-order valence-corrected chi connectivity index (χ2v) is 4.23. The molecule has 0 spiro atoms. The molecule has 1 aromatic carbocycles. The van der Waals surface area contributed by atoms with Crippen molar-refractivity contribution in [1.29, 1.82) is 0 Å². The molecule has 0 saturated heterocycles. The third kappa shape index (κ3) is 2.75. The van der Waals surface area contributed by atoms with Crippen LogP contribution in [-0.2, 0) is 6.54 Å². The first kappa shape index (κ1) is 11.5. The first-order chi connectivity index (χ1) is 8.16. The molecule has 1 aromatic heterocycles. The van der Waals surface area contributed by atoms with E-state index in [-0.39, 0.29) is 0 Å². The second kappa shape index (κ2) is 4.87. The van der Waals surface area contributed by atoms with Crippen molar-refractivity contribution in [2.24, 2.45) is 0 Å². The minimum absolute atomic E-state index is 0.701. The first-order valence-corrected chi connectivity index (χ1v) is 5.64. The van der Waals surface area contributed by atoms with Gasteiger partial charge in [0.1, 0.15) is 0 Å². The Kier molecular flexibility index (Phi) is 3.28. The van der Waals surface area contributed by atoms with Gasteiger partial charge in [-0.2, -0.15) is 0 Å². The SMILES string of the molecule is Cc1ccccc1N(C)Cc1ccc(N)cn1. The predicted octanol–water partition coefficient (Wildman–Crippen LogP) is 2.61. The fourth-order valence-corrected chi connectivity index (χ4v) is 1.85. The number of nitrogens with two attached hydrogens (primary N) is 1. The molecule has 3 heteroatoms. The maximum absolute atomic E-state index is 5.62. The Morgan fingerprint density at radius 2 is 1.94 bits per heavy atom. The summed E-state index contributed by atoms with van der Waals surface area (Å²) in [5, 5.41) is 0. The molecule has 0 aliphatic heterocycles. The van der Waals surface area contributed by atoms with E-state index in [1.807, 2.05) is 18.2 Å². The van der Waals surface area contributed by atoms with Gasteiger partial charge in [0.05, 0.1) is 24.1 Å². The van der Waals surface area contributed by atoms with Gasteiger partial charge < -0.3 is 10.6 Å². The highest BCUT2D eigenvalue weighted by atomic mass is 15.1. The van der Waals surface area contributed by atoms with Crippen LogP contribution in [0.15, 0.2) is 42.6 Å². The summed E-state index contributed by atoms with van der Waals surface area (Å²) in [6.45, 7) is 2.90. The van der Waals surface area contributed by atoms with Crippen molar-refractivity contribution < 1.29 is 0 Å². The summed E-state index contributed by atoms with van der Waals surface area (Å²) in [6.07, 6.45) is 1.70. The summed E-state index contributed by atoms with van der Waals surface area (Å²) in [4.78, 5) is 6.50. The number of hydrogen-bond acceptors (Lipinski definition) is 3. The zero-order chi connectivity index (χ0) is 12.3. The molecule has 2 aromatic rings. The third-order valence-electron chi connectivity index (χ3n) is 2.77. The molecule has 17 heavy (non-hydrogen) atoms. The number of aromatic nitrogens is 1. The largest absolute Gasteiger partial charge is 0.397 e. The van der Waals surface area contributed by atoms with Crippen molar-refractivity contribution in [1.82, 2.24) is 4.98 Å². The average molecular weight is 227 g/mol. The van der Waals surface area contributed by atoms with Crippen LogP contribution < -0.4 is 10.6 Å². The Balaban J connectivity index is 2.14. The Hall–Kier alpha value is -2.03. The molecular formula is C14H17N3. The fourth-order valence-electron chi connectivity index (χ4n) is 1.85. The number of para-hydroxylation sites is 1. The molecule has 2 rings (SSSR count). The summed E-state index contributed by atoms with van der Waals surface area (Å²) < 4.78 is 0. The molecule has 0 aliphatic rings. The Bertz CT molecular complexity index is 491. The number of aryl methyl sites for hydroxylation is 1. The van der Waals surface area contributed by atoms with Crippen molar-refractivity contribution >= 4 is 11.4 Å². The highest BCUT2D eigenvalue weighted by Crippen LogP contribution is 2.19. The maximum Gasteiger partial charge on any atom is 0.0598 e. The van der Waals surface area contributed by atoms with Crippen molar-refractivity contribution in [2.75, 3.05) is 17.7 Å². The van der Waals surface area contributed by atoms with E-state index in [9.17, 15) is 0 Å². The Morgan fingerprint density at radius 1 is 1.18 bits per heavy atom. The van der Waals surface area contributed by atoms with Gasteiger partial charge in [-0.15, -0.1) is 0 Å². The van der Waals surface area contributed by atoms with Gasteiger partial charge in [0.2, 0.25) is 0 Å². The van der Waals surface area contributed by atoms with E-state index in [1.165, 1.54) is 11.3 Å². The summed E-state index contributed by atoms with van der Waals surface area (Å²) in [5.74, 6) is 0. The van der Waals surface area contributed by atoms with Crippen LogP contribution in [0.2, 0.25) is 0 Å². The summed E-state index contributed by atoms with van der Waals surface area (Å²) >= 11 is 0. The first-order valence-electron chi connectivity index (χ1n) is 5.64. The lowest BCUT2D eigenvalue weighted by Crippen LogP contribution is -2.18. The minimum Gasteiger partial charge on any atom is -0.397 e. The van der Waals surface area contributed by atoms with E-state index in [2.05, 4.69) is 42.1 Å². The van der Waals surface area contributed by atoms with Crippen LogP contribution >= 0.6 is 0 Å². The van der Waals surface area contributed by atoms with Gasteiger partial charge in [0, 0.05) is 12.7 Å².